The van der Waals surface area contributed by atoms with Crippen molar-refractivity contribution in [1.82, 2.24) is 9.88 Å². The fraction of sp³-hybridized carbons (Fsp3) is 0.478. The van der Waals surface area contributed by atoms with Crippen LogP contribution in [-0.4, -0.2) is 40.6 Å². The molecule has 3 saturated carbocycles. The second-order valence-electron chi connectivity index (χ2n) is 9.67. The molecule has 1 aromatic carbocycles. The summed E-state index contributed by atoms with van der Waals surface area (Å²) in [6.07, 6.45) is -0.274. The first-order valence-electron chi connectivity index (χ1n) is 10.6. The van der Waals surface area contributed by atoms with Gasteiger partial charge in [-0.15, -0.1) is 0 Å². The predicted octanol–water partition coefficient (Wildman–Crippen LogP) is 4.26. The lowest BCUT2D eigenvalue weighted by molar-refractivity contribution is -0.211. The quantitative estimate of drug-likeness (QED) is 0.693. The molecule has 1 heterocycles. The van der Waals surface area contributed by atoms with E-state index in [-0.39, 0.29) is 17.3 Å². The number of carbonyl (C=O) groups excluding carboxylic acids is 1. The van der Waals surface area contributed by atoms with Crippen molar-refractivity contribution in [2.75, 3.05) is 12.4 Å². The Morgan fingerprint density at radius 1 is 1.22 bits per heavy atom. The molecule has 9 heteroatoms. The van der Waals surface area contributed by atoms with E-state index in [1.165, 1.54) is 30.4 Å². The molecule has 0 spiro atoms. The van der Waals surface area contributed by atoms with Gasteiger partial charge in [0.2, 0.25) is 5.91 Å². The van der Waals surface area contributed by atoms with Crippen LogP contribution in [0.25, 0.3) is 0 Å². The molecule has 4 aliphatic carbocycles. The van der Waals surface area contributed by atoms with Crippen LogP contribution in [0.4, 0.5) is 18.9 Å². The van der Waals surface area contributed by atoms with Crippen molar-refractivity contribution in [1.29, 1.82) is 0 Å². The van der Waals surface area contributed by atoms with Crippen LogP contribution in [0.2, 0.25) is 5.02 Å². The number of carbonyl (C=O) groups is 1. The van der Waals surface area contributed by atoms with Crippen molar-refractivity contribution in [3.63, 3.8) is 0 Å². The highest BCUT2D eigenvalue weighted by molar-refractivity contribution is 6.30. The predicted molar refractivity (Wildman–Crippen MR) is 115 cm³/mol. The van der Waals surface area contributed by atoms with Crippen molar-refractivity contribution in [3.8, 4) is 0 Å². The van der Waals surface area contributed by atoms with E-state index in [2.05, 4.69) is 10.3 Å². The Labute approximate surface area is 189 Å². The highest BCUT2D eigenvalue weighted by Gasteiger charge is 2.71. The number of alkyl halides is 3. The summed E-state index contributed by atoms with van der Waals surface area (Å²) in [7, 11) is 1.21. The summed E-state index contributed by atoms with van der Waals surface area (Å²) in [6, 6.07) is 6.75. The third-order valence-electron chi connectivity index (χ3n) is 7.08. The minimum Gasteiger partial charge on any atom is -0.380 e. The van der Waals surface area contributed by atoms with Gasteiger partial charge in [-0.25, -0.2) is 0 Å². The number of hydrogen-bond acceptors (Lipinski definition) is 4. The van der Waals surface area contributed by atoms with Gasteiger partial charge < -0.3 is 16.0 Å². The highest BCUT2D eigenvalue weighted by Crippen LogP contribution is 2.66. The zero-order chi connectivity index (χ0) is 22.9. The zero-order valence-corrected chi connectivity index (χ0v) is 18.3. The topological polar surface area (TPSA) is 71.2 Å². The van der Waals surface area contributed by atoms with E-state index in [9.17, 15) is 18.0 Å². The number of anilines is 1. The molecule has 1 aromatic heterocycles. The summed E-state index contributed by atoms with van der Waals surface area (Å²) >= 11 is 6.06. The Morgan fingerprint density at radius 2 is 1.91 bits per heavy atom. The Morgan fingerprint density at radius 3 is 2.50 bits per heavy atom. The summed E-state index contributed by atoms with van der Waals surface area (Å²) in [4.78, 5) is 17.7. The lowest BCUT2D eigenvalue weighted by atomic mass is 9.39. The van der Waals surface area contributed by atoms with Crippen LogP contribution in [0.1, 0.15) is 42.1 Å². The van der Waals surface area contributed by atoms with Gasteiger partial charge in [-0.2, -0.15) is 13.2 Å². The molecule has 2 bridgehead atoms. The number of hydrogen-bond donors (Lipinski definition) is 2. The van der Waals surface area contributed by atoms with Crippen molar-refractivity contribution in [2.45, 2.75) is 55.9 Å². The second-order valence-corrected chi connectivity index (χ2v) is 10.1. The van der Waals surface area contributed by atoms with E-state index in [0.29, 0.717) is 30.0 Å². The lowest BCUT2D eigenvalue weighted by Gasteiger charge is -2.68. The van der Waals surface area contributed by atoms with Gasteiger partial charge in [-0.05, 0) is 67.5 Å². The Kier molecular flexibility index (Phi) is 4.77. The summed E-state index contributed by atoms with van der Waals surface area (Å²) in [5, 5.41) is 4.02. The number of nitrogens with two attached hydrogens (primary N) is 1. The van der Waals surface area contributed by atoms with Gasteiger partial charge in [-0.1, -0.05) is 17.7 Å². The van der Waals surface area contributed by atoms with E-state index in [0.717, 1.165) is 17.7 Å². The maximum absolute atomic E-state index is 13.9. The zero-order valence-electron chi connectivity index (χ0n) is 17.5. The molecule has 0 saturated heterocycles. The first-order chi connectivity index (χ1) is 15.0. The number of halogens is 4. The van der Waals surface area contributed by atoms with Crippen LogP contribution >= 0.6 is 11.6 Å². The largest absolute Gasteiger partial charge is 0.414 e. The third kappa shape index (κ3) is 3.53. The molecule has 5 nitrogen and oxygen atoms in total. The van der Waals surface area contributed by atoms with Gasteiger partial charge in [0, 0.05) is 23.7 Å². The fourth-order valence-corrected chi connectivity index (χ4v) is 5.94. The van der Waals surface area contributed by atoms with Crippen LogP contribution < -0.4 is 11.1 Å². The molecule has 170 valence electrons. The first-order valence-corrected chi connectivity index (χ1v) is 11.0. The van der Waals surface area contributed by atoms with Crippen LogP contribution in [-0.2, 0) is 17.6 Å². The Balaban J connectivity index is 1.29. The summed E-state index contributed by atoms with van der Waals surface area (Å²) < 4.78 is 41.8. The molecule has 3 N–H and O–H groups in total. The SMILES string of the molecule is CN(C(=O)C12CC(N)(C1)C2)[C@@H](c1ccc(N[C@H]2Cc3ccc(Cl)cc3C2)cn1)C(F)(F)F. The van der Waals surface area contributed by atoms with E-state index < -0.39 is 23.5 Å². The average molecular weight is 465 g/mol. The van der Waals surface area contributed by atoms with Gasteiger partial charge in [-0.3, -0.25) is 9.78 Å². The summed E-state index contributed by atoms with van der Waals surface area (Å²) in [5.74, 6) is -0.501. The molecule has 3 fully saturated rings. The van der Waals surface area contributed by atoms with Crippen LogP contribution in [0.15, 0.2) is 36.5 Å². The average Bonchev–Trinajstić information content (AvgIpc) is 3.06. The number of pyridine rings is 1. The van der Waals surface area contributed by atoms with Gasteiger partial charge in [0.25, 0.3) is 0 Å². The van der Waals surface area contributed by atoms with E-state index in [1.54, 1.807) is 6.07 Å². The van der Waals surface area contributed by atoms with Crippen molar-refractivity contribution in [3.05, 3.63) is 58.4 Å². The molecular formula is C23H24ClF3N4O. The molecule has 2 aromatic rings. The molecule has 0 aliphatic heterocycles. The van der Waals surface area contributed by atoms with Gasteiger partial charge in [0.1, 0.15) is 0 Å². The standard InChI is InChI=1S/C23H24ClF3N4O/c1-31(20(32)21-10-22(28,11-21)12-21)19(23(25,26)27)18-5-4-16(9-29-18)30-17-7-13-2-3-15(24)6-14(13)8-17/h2-6,9,17,19,30H,7-8,10-12,28H2,1H3/t17-,19-,21?,22?/m0/s1. The fourth-order valence-electron chi connectivity index (χ4n) is 5.75. The van der Waals surface area contributed by atoms with E-state index in [1.807, 2.05) is 18.2 Å². The minimum atomic E-state index is -4.64. The smallest absolute Gasteiger partial charge is 0.380 e. The second kappa shape index (κ2) is 7.09. The summed E-state index contributed by atoms with van der Waals surface area (Å²) in [5.41, 5.74) is 7.71. The number of aromatic nitrogens is 1. The normalized spacial score (nSPS) is 28.9. The van der Waals surface area contributed by atoms with Crippen LogP contribution in [0.5, 0.6) is 0 Å². The Hall–Kier alpha value is -2.32. The van der Waals surface area contributed by atoms with E-state index >= 15 is 0 Å². The number of benzene rings is 1. The van der Waals surface area contributed by atoms with Crippen molar-refractivity contribution < 1.29 is 18.0 Å². The molecule has 4 aliphatic rings. The highest BCUT2D eigenvalue weighted by atomic mass is 35.5. The third-order valence-corrected chi connectivity index (χ3v) is 7.32. The molecule has 0 unspecified atom stereocenters. The number of nitrogens with zero attached hydrogens (tertiary/aromatic N) is 2. The van der Waals surface area contributed by atoms with Gasteiger partial charge >= 0.3 is 6.18 Å². The number of nitrogens with one attached hydrogen (secondary N) is 1. The molecule has 0 radical (unpaired) electrons. The van der Waals surface area contributed by atoms with Crippen molar-refractivity contribution >= 4 is 23.2 Å². The minimum absolute atomic E-state index is 0.117. The van der Waals surface area contributed by atoms with Gasteiger partial charge in [0.15, 0.2) is 6.04 Å². The summed E-state index contributed by atoms with van der Waals surface area (Å²) in [6.45, 7) is 0. The maximum Gasteiger partial charge on any atom is 0.414 e. The van der Waals surface area contributed by atoms with Crippen molar-refractivity contribution in [2.24, 2.45) is 11.1 Å². The maximum atomic E-state index is 13.9. The number of amides is 1. The first kappa shape index (κ1) is 21.5. The molecule has 1 amide bonds. The molecular weight excluding hydrogens is 441 g/mol. The number of rotatable bonds is 5. The van der Waals surface area contributed by atoms with E-state index in [4.69, 9.17) is 17.3 Å². The number of fused-ring (bicyclic) bond motifs is 1. The van der Waals surface area contributed by atoms with Gasteiger partial charge in [0.05, 0.1) is 23.0 Å². The van der Waals surface area contributed by atoms with Crippen LogP contribution in [0.3, 0.4) is 0 Å². The van der Waals surface area contributed by atoms with Crippen LogP contribution in [0, 0.1) is 5.41 Å². The molecule has 6 rings (SSSR count). The lowest BCUT2D eigenvalue weighted by Crippen LogP contribution is -2.76. The monoisotopic (exact) mass is 464 g/mol. The molecule has 32 heavy (non-hydrogen) atoms. The molecule has 2 atom stereocenters. The Bertz CT molecular complexity index is 1050.